The van der Waals surface area contributed by atoms with Crippen molar-refractivity contribution in [3.05, 3.63) is 71.9 Å². The molecule has 0 aliphatic carbocycles. The summed E-state index contributed by atoms with van der Waals surface area (Å²) < 4.78 is 0. The Morgan fingerprint density at radius 3 is 2.24 bits per heavy atom. The van der Waals surface area contributed by atoms with Crippen LogP contribution < -0.4 is 15.1 Å². The number of benzene rings is 2. The Bertz CT molecular complexity index is 1020. The van der Waals surface area contributed by atoms with Crippen LogP contribution in [0, 0.1) is 0 Å². The van der Waals surface area contributed by atoms with Crippen molar-refractivity contribution in [1.29, 1.82) is 0 Å². The minimum atomic E-state index is -0.0667. The normalized spacial score (nSPS) is 16.1. The quantitative estimate of drug-likeness (QED) is 0.723. The zero-order chi connectivity index (χ0) is 19.6. The zero-order valence-electron chi connectivity index (χ0n) is 16.2. The first-order chi connectivity index (χ1) is 14.3. The van der Waals surface area contributed by atoms with Crippen LogP contribution in [0.15, 0.2) is 60.7 Å². The highest BCUT2D eigenvalue weighted by atomic mass is 16.2. The van der Waals surface area contributed by atoms with E-state index in [1.165, 1.54) is 6.42 Å². The summed E-state index contributed by atoms with van der Waals surface area (Å²) in [4.78, 5) is 26.8. The van der Waals surface area contributed by atoms with Crippen LogP contribution in [-0.4, -0.2) is 29.0 Å². The Balaban J connectivity index is 1.56. The molecule has 0 saturated carbocycles. The fraction of sp³-hybridized carbons (Fsp3) is 0.261. The van der Waals surface area contributed by atoms with Gasteiger partial charge in [0.15, 0.2) is 0 Å². The maximum atomic E-state index is 13.2. The van der Waals surface area contributed by atoms with Crippen LogP contribution in [0.5, 0.6) is 0 Å². The number of carbonyl (C=O) groups is 1. The van der Waals surface area contributed by atoms with Gasteiger partial charge in [-0.15, -0.1) is 0 Å². The Kier molecular flexibility index (Phi) is 4.60. The number of amides is 1. The molecule has 1 amide bonds. The maximum absolute atomic E-state index is 13.2. The van der Waals surface area contributed by atoms with E-state index in [4.69, 9.17) is 4.98 Å². The number of piperidine rings is 1. The molecule has 2 aliphatic rings. The number of hydrogen-bond acceptors (Lipinski definition) is 5. The molecule has 0 bridgehead atoms. The van der Waals surface area contributed by atoms with Crippen LogP contribution >= 0.6 is 0 Å². The summed E-state index contributed by atoms with van der Waals surface area (Å²) in [6, 6.07) is 19.6. The number of rotatable bonds is 4. The van der Waals surface area contributed by atoms with Gasteiger partial charge in [-0.1, -0.05) is 36.4 Å². The molecule has 146 valence electrons. The van der Waals surface area contributed by atoms with Crippen LogP contribution in [0.25, 0.3) is 0 Å². The maximum Gasteiger partial charge on any atom is 0.277 e. The number of fused-ring (bicyclic) bond motifs is 1. The molecule has 3 heterocycles. The first-order valence-electron chi connectivity index (χ1n) is 10.1. The van der Waals surface area contributed by atoms with Gasteiger partial charge in [0.05, 0.1) is 6.54 Å². The third-order valence-electron chi connectivity index (χ3n) is 5.50. The van der Waals surface area contributed by atoms with Crippen LogP contribution in [0.4, 0.5) is 23.1 Å². The van der Waals surface area contributed by atoms with Gasteiger partial charge in [-0.05, 0) is 43.5 Å². The van der Waals surface area contributed by atoms with Gasteiger partial charge < -0.3 is 15.1 Å². The fourth-order valence-corrected chi connectivity index (χ4v) is 4.04. The lowest BCUT2D eigenvalue weighted by Crippen LogP contribution is -2.31. The molecular weight excluding hydrogens is 362 g/mol. The van der Waals surface area contributed by atoms with Gasteiger partial charge in [0.1, 0.15) is 11.5 Å². The van der Waals surface area contributed by atoms with Crippen molar-refractivity contribution in [3.63, 3.8) is 0 Å². The molecule has 6 heteroatoms. The Hall–Kier alpha value is -3.41. The summed E-state index contributed by atoms with van der Waals surface area (Å²) in [5.41, 5.74) is 3.22. The summed E-state index contributed by atoms with van der Waals surface area (Å²) in [6.45, 7) is 2.44. The Morgan fingerprint density at radius 2 is 1.52 bits per heavy atom. The molecule has 2 aliphatic heterocycles. The molecular formula is C23H23N5O. The SMILES string of the molecule is O=C1c2nc(Nc3ccccc3)nc(N3CCCCC3)c2CN1c1ccccc1. The standard InChI is InChI=1S/C23H23N5O/c29-22-20-19(16-28(22)18-12-6-2-7-13-18)21(27-14-8-3-9-15-27)26-23(25-20)24-17-10-4-1-5-11-17/h1-2,4-7,10-13H,3,8-9,14-16H2,(H,24,25,26). The summed E-state index contributed by atoms with van der Waals surface area (Å²) in [5, 5.41) is 3.27. The molecule has 1 fully saturated rings. The summed E-state index contributed by atoms with van der Waals surface area (Å²) in [5.74, 6) is 1.29. The van der Waals surface area contributed by atoms with Crippen molar-refractivity contribution in [2.24, 2.45) is 0 Å². The predicted molar refractivity (Wildman–Crippen MR) is 115 cm³/mol. The molecule has 0 radical (unpaired) electrons. The van der Waals surface area contributed by atoms with Gasteiger partial charge in [-0.2, -0.15) is 4.98 Å². The van der Waals surface area contributed by atoms with E-state index in [0.717, 1.165) is 48.7 Å². The number of carbonyl (C=O) groups excluding carboxylic acids is 1. The van der Waals surface area contributed by atoms with Gasteiger partial charge in [0, 0.05) is 30.0 Å². The number of hydrogen-bond donors (Lipinski definition) is 1. The third kappa shape index (κ3) is 3.42. The van der Waals surface area contributed by atoms with Gasteiger partial charge in [0.25, 0.3) is 5.91 Å². The van der Waals surface area contributed by atoms with Crippen LogP contribution in [0.3, 0.4) is 0 Å². The van der Waals surface area contributed by atoms with Crippen molar-refractivity contribution >= 4 is 29.0 Å². The number of anilines is 4. The largest absolute Gasteiger partial charge is 0.356 e. The second kappa shape index (κ2) is 7.54. The molecule has 3 aromatic rings. The average molecular weight is 385 g/mol. The number of aromatic nitrogens is 2. The first kappa shape index (κ1) is 17.7. The van der Waals surface area contributed by atoms with Crippen molar-refractivity contribution in [1.82, 2.24) is 9.97 Å². The lowest BCUT2D eigenvalue weighted by Gasteiger charge is -2.29. The molecule has 29 heavy (non-hydrogen) atoms. The molecule has 0 unspecified atom stereocenters. The van der Waals surface area contributed by atoms with Crippen molar-refractivity contribution in [2.45, 2.75) is 25.8 Å². The van der Waals surface area contributed by atoms with Gasteiger partial charge >= 0.3 is 0 Å². The molecule has 0 spiro atoms. The van der Waals surface area contributed by atoms with Gasteiger partial charge in [-0.25, -0.2) is 4.98 Å². The zero-order valence-corrected chi connectivity index (χ0v) is 16.2. The predicted octanol–water partition coefficient (Wildman–Crippen LogP) is 4.37. The number of para-hydroxylation sites is 2. The smallest absolute Gasteiger partial charge is 0.277 e. The van der Waals surface area contributed by atoms with Crippen molar-refractivity contribution < 1.29 is 4.79 Å². The average Bonchev–Trinajstić information content (AvgIpc) is 3.12. The van der Waals surface area contributed by atoms with E-state index in [9.17, 15) is 4.79 Å². The Labute approximate surface area is 170 Å². The second-order valence-corrected chi connectivity index (χ2v) is 7.46. The van der Waals surface area contributed by atoms with Crippen molar-refractivity contribution in [3.8, 4) is 0 Å². The lowest BCUT2D eigenvalue weighted by molar-refractivity contribution is 0.0992. The molecule has 1 N–H and O–H groups in total. The van der Waals surface area contributed by atoms with E-state index in [1.807, 2.05) is 60.7 Å². The second-order valence-electron chi connectivity index (χ2n) is 7.46. The van der Waals surface area contributed by atoms with E-state index >= 15 is 0 Å². The molecule has 5 rings (SSSR count). The van der Waals surface area contributed by atoms with E-state index in [2.05, 4.69) is 15.2 Å². The van der Waals surface area contributed by atoms with Gasteiger partial charge in [0.2, 0.25) is 5.95 Å². The van der Waals surface area contributed by atoms with Crippen LogP contribution in [0.2, 0.25) is 0 Å². The fourth-order valence-electron chi connectivity index (χ4n) is 4.04. The van der Waals surface area contributed by atoms with Crippen LogP contribution in [-0.2, 0) is 6.54 Å². The lowest BCUT2D eigenvalue weighted by atomic mass is 10.1. The highest BCUT2D eigenvalue weighted by Gasteiger charge is 2.35. The van der Waals surface area contributed by atoms with Crippen molar-refractivity contribution in [2.75, 3.05) is 28.2 Å². The first-order valence-corrected chi connectivity index (χ1v) is 10.1. The summed E-state index contributed by atoms with van der Waals surface area (Å²) in [7, 11) is 0. The molecule has 2 aromatic carbocycles. The topological polar surface area (TPSA) is 61.4 Å². The monoisotopic (exact) mass is 385 g/mol. The number of nitrogens with one attached hydrogen (secondary N) is 1. The minimum absolute atomic E-state index is 0.0667. The Morgan fingerprint density at radius 1 is 0.828 bits per heavy atom. The van der Waals surface area contributed by atoms with Gasteiger partial charge in [-0.3, -0.25) is 4.79 Å². The van der Waals surface area contributed by atoms with Crippen LogP contribution in [0.1, 0.15) is 35.3 Å². The summed E-state index contributed by atoms with van der Waals surface area (Å²) >= 11 is 0. The molecule has 6 nitrogen and oxygen atoms in total. The molecule has 1 saturated heterocycles. The molecule has 0 atom stereocenters. The van der Waals surface area contributed by atoms with E-state index in [0.29, 0.717) is 18.2 Å². The molecule has 1 aromatic heterocycles. The number of nitrogens with zero attached hydrogens (tertiary/aromatic N) is 4. The minimum Gasteiger partial charge on any atom is -0.356 e. The van der Waals surface area contributed by atoms with E-state index in [1.54, 1.807) is 4.90 Å². The third-order valence-corrected chi connectivity index (χ3v) is 5.50. The van der Waals surface area contributed by atoms with E-state index in [-0.39, 0.29) is 5.91 Å². The highest BCUT2D eigenvalue weighted by molar-refractivity contribution is 6.09. The highest BCUT2D eigenvalue weighted by Crippen LogP contribution is 2.34. The summed E-state index contributed by atoms with van der Waals surface area (Å²) in [6.07, 6.45) is 3.54. The van der Waals surface area contributed by atoms with E-state index < -0.39 is 0 Å².